The van der Waals surface area contributed by atoms with Gasteiger partial charge >= 0.3 is 0 Å². The van der Waals surface area contributed by atoms with Gasteiger partial charge in [-0.2, -0.15) is 0 Å². The average Bonchev–Trinajstić information content (AvgIpc) is 3.53. The fraction of sp³-hybridized carbons (Fsp3) is 0.364. The minimum absolute atomic E-state index is 0.187. The second kappa shape index (κ2) is 7.43. The highest BCUT2D eigenvalue weighted by Crippen LogP contribution is 2.37. The van der Waals surface area contributed by atoms with Gasteiger partial charge in [0.1, 0.15) is 5.75 Å². The lowest BCUT2D eigenvalue weighted by atomic mass is 10.0. The van der Waals surface area contributed by atoms with E-state index in [0.717, 1.165) is 37.9 Å². The molecule has 1 fully saturated rings. The molecule has 27 heavy (non-hydrogen) atoms. The van der Waals surface area contributed by atoms with E-state index in [9.17, 15) is 9.59 Å². The number of amides is 2. The molecule has 1 aliphatic carbocycles. The van der Waals surface area contributed by atoms with Crippen LogP contribution in [0.4, 0.5) is 11.4 Å². The molecule has 1 N–H and O–H groups in total. The highest BCUT2D eigenvalue weighted by molar-refractivity contribution is 6.07. The van der Waals surface area contributed by atoms with Crippen molar-refractivity contribution in [1.29, 1.82) is 0 Å². The van der Waals surface area contributed by atoms with Crippen molar-refractivity contribution in [2.75, 3.05) is 23.4 Å². The molecule has 5 nitrogen and oxygen atoms in total. The van der Waals surface area contributed by atoms with E-state index < -0.39 is 0 Å². The van der Waals surface area contributed by atoms with Crippen molar-refractivity contribution < 1.29 is 14.3 Å². The van der Waals surface area contributed by atoms with Gasteiger partial charge in [0.25, 0.3) is 5.91 Å². The summed E-state index contributed by atoms with van der Waals surface area (Å²) in [5.74, 6) is 0.768. The Labute approximate surface area is 159 Å². The molecule has 0 aromatic heterocycles. The molecule has 0 unspecified atom stereocenters. The summed E-state index contributed by atoms with van der Waals surface area (Å²) >= 11 is 0. The van der Waals surface area contributed by atoms with Gasteiger partial charge in [-0.25, -0.2) is 0 Å². The Kier molecular flexibility index (Phi) is 4.84. The van der Waals surface area contributed by atoms with E-state index in [4.69, 9.17) is 4.74 Å². The predicted octanol–water partition coefficient (Wildman–Crippen LogP) is 4.03. The number of benzene rings is 2. The van der Waals surface area contributed by atoms with Crippen LogP contribution in [0, 0.1) is 5.92 Å². The van der Waals surface area contributed by atoms with Crippen molar-refractivity contribution in [2.24, 2.45) is 5.92 Å². The van der Waals surface area contributed by atoms with Crippen LogP contribution >= 0.6 is 0 Å². The summed E-state index contributed by atoms with van der Waals surface area (Å²) in [6.45, 7) is 3.15. The summed E-state index contributed by atoms with van der Waals surface area (Å²) in [4.78, 5) is 27.3. The monoisotopic (exact) mass is 364 g/mol. The number of nitrogens with one attached hydrogen (secondary N) is 1. The number of aryl methyl sites for hydroxylation is 1. The number of carbonyl (C=O) groups is 2. The Hall–Kier alpha value is -2.82. The maximum absolute atomic E-state index is 12.7. The van der Waals surface area contributed by atoms with E-state index in [-0.39, 0.29) is 17.7 Å². The van der Waals surface area contributed by atoms with Crippen LogP contribution in [0.3, 0.4) is 0 Å². The van der Waals surface area contributed by atoms with Gasteiger partial charge < -0.3 is 15.0 Å². The molecule has 2 aliphatic rings. The summed E-state index contributed by atoms with van der Waals surface area (Å²) in [5, 5.41) is 2.95. The molecule has 5 heteroatoms. The number of nitrogens with zero attached hydrogens (tertiary/aromatic N) is 1. The van der Waals surface area contributed by atoms with Crippen LogP contribution in [0.25, 0.3) is 0 Å². The third-order valence-electron chi connectivity index (χ3n) is 5.09. The van der Waals surface area contributed by atoms with E-state index in [0.29, 0.717) is 23.6 Å². The summed E-state index contributed by atoms with van der Waals surface area (Å²) in [7, 11) is 0. The zero-order chi connectivity index (χ0) is 18.8. The molecular weight excluding hydrogens is 340 g/mol. The van der Waals surface area contributed by atoms with E-state index in [1.54, 1.807) is 12.1 Å². The van der Waals surface area contributed by atoms with Crippen LogP contribution in [0.2, 0.25) is 0 Å². The van der Waals surface area contributed by atoms with Crippen LogP contribution in [-0.2, 0) is 11.2 Å². The van der Waals surface area contributed by atoms with Crippen LogP contribution in [0.15, 0.2) is 42.5 Å². The maximum Gasteiger partial charge on any atom is 0.259 e. The quantitative estimate of drug-likeness (QED) is 0.871. The summed E-state index contributed by atoms with van der Waals surface area (Å²) in [5.41, 5.74) is 3.31. The van der Waals surface area contributed by atoms with Gasteiger partial charge in [0.05, 0.1) is 12.2 Å². The van der Waals surface area contributed by atoms with Gasteiger partial charge in [0, 0.05) is 23.8 Å². The number of hydrogen-bond acceptors (Lipinski definition) is 3. The zero-order valence-electron chi connectivity index (χ0n) is 15.5. The molecule has 2 aromatic rings. The first kappa shape index (κ1) is 17.6. The Balaban J connectivity index is 1.57. The van der Waals surface area contributed by atoms with Crippen molar-refractivity contribution >= 4 is 23.2 Å². The van der Waals surface area contributed by atoms with Gasteiger partial charge in [-0.3, -0.25) is 9.59 Å². The topological polar surface area (TPSA) is 58.6 Å². The lowest BCUT2D eigenvalue weighted by molar-refractivity contribution is -0.119. The fourth-order valence-electron chi connectivity index (χ4n) is 3.57. The lowest BCUT2D eigenvalue weighted by Crippen LogP contribution is -2.36. The van der Waals surface area contributed by atoms with Crippen LogP contribution in [0.5, 0.6) is 5.75 Å². The normalized spacial score (nSPS) is 15.8. The van der Waals surface area contributed by atoms with Crippen molar-refractivity contribution in [2.45, 2.75) is 32.6 Å². The zero-order valence-corrected chi connectivity index (χ0v) is 15.5. The van der Waals surface area contributed by atoms with Crippen molar-refractivity contribution in [3.63, 3.8) is 0 Å². The molecule has 0 bridgehead atoms. The Morgan fingerprint density at radius 2 is 2.00 bits per heavy atom. The highest BCUT2D eigenvalue weighted by Gasteiger charge is 2.35. The number of hydrogen-bond donors (Lipinski definition) is 1. The van der Waals surface area contributed by atoms with Crippen LogP contribution < -0.4 is 15.0 Å². The second-order valence-corrected chi connectivity index (χ2v) is 7.09. The van der Waals surface area contributed by atoms with Gasteiger partial charge in [0.15, 0.2) is 0 Å². The fourth-order valence-corrected chi connectivity index (χ4v) is 3.57. The average molecular weight is 364 g/mol. The number of ether oxygens (including phenoxy) is 1. The lowest BCUT2D eigenvalue weighted by Gasteiger charge is -2.30. The Morgan fingerprint density at radius 1 is 1.19 bits per heavy atom. The van der Waals surface area contributed by atoms with Crippen molar-refractivity contribution in [3.8, 4) is 5.75 Å². The van der Waals surface area contributed by atoms with Crippen molar-refractivity contribution in [3.05, 3.63) is 53.6 Å². The molecule has 1 aliphatic heterocycles. The molecular formula is C22H24N2O3. The maximum atomic E-state index is 12.7. The second-order valence-electron chi connectivity index (χ2n) is 7.09. The highest BCUT2D eigenvalue weighted by atomic mass is 16.5. The summed E-state index contributed by atoms with van der Waals surface area (Å²) in [6.07, 6.45) is 3.94. The number of carbonyl (C=O) groups excluding carboxylic acids is 2. The minimum Gasteiger partial charge on any atom is -0.493 e. The number of para-hydroxylation sites is 1. The number of anilines is 2. The molecule has 4 rings (SSSR count). The van der Waals surface area contributed by atoms with Gasteiger partial charge in [-0.05, 0) is 62.4 Å². The van der Waals surface area contributed by atoms with Gasteiger partial charge in [-0.1, -0.05) is 18.2 Å². The van der Waals surface area contributed by atoms with E-state index in [1.807, 2.05) is 42.2 Å². The number of fused-ring (bicyclic) bond motifs is 1. The standard InChI is InChI=1S/C22H24N2O3/c1-2-27-20-8-4-3-7-18(20)21(25)23-17-12-11-15-6-5-13-24(19(15)14-17)22(26)16-9-10-16/h3-4,7-8,11-12,14,16H,2,5-6,9-10,13H2,1H3,(H,23,25). The molecule has 0 saturated heterocycles. The SMILES string of the molecule is CCOc1ccccc1C(=O)Nc1ccc2c(c1)N(C(=O)C1CC1)CCC2. The van der Waals surface area contributed by atoms with Crippen LogP contribution in [0.1, 0.15) is 42.1 Å². The third kappa shape index (κ3) is 3.68. The van der Waals surface area contributed by atoms with Crippen LogP contribution in [-0.4, -0.2) is 25.0 Å². The van der Waals surface area contributed by atoms with E-state index in [1.165, 1.54) is 5.56 Å². The number of rotatable bonds is 5. The third-order valence-corrected chi connectivity index (χ3v) is 5.09. The van der Waals surface area contributed by atoms with Gasteiger partial charge in [0.2, 0.25) is 5.91 Å². The first-order chi connectivity index (χ1) is 13.2. The first-order valence-corrected chi connectivity index (χ1v) is 9.65. The molecule has 1 saturated carbocycles. The molecule has 0 radical (unpaired) electrons. The van der Waals surface area contributed by atoms with E-state index >= 15 is 0 Å². The molecule has 2 amide bonds. The smallest absolute Gasteiger partial charge is 0.259 e. The van der Waals surface area contributed by atoms with Crippen molar-refractivity contribution in [1.82, 2.24) is 0 Å². The molecule has 0 atom stereocenters. The Bertz CT molecular complexity index is 874. The molecule has 0 spiro atoms. The van der Waals surface area contributed by atoms with E-state index in [2.05, 4.69) is 5.32 Å². The molecule has 2 aromatic carbocycles. The van der Waals surface area contributed by atoms with Gasteiger partial charge in [-0.15, -0.1) is 0 Å². The first-order valence-electron chi connectivity index (χ1n) is 9.65. The molecule has 1 heterocycles. The minimum atomic E-state index is -0.213. The Morgan fingerprint density at radius 3 is 2.78 bits per heavy atom. The predicted molar refractivity (Wildman–Crippen MR) is 105 cm³/mol. The summed E-state index contributed by atoms with van der Waals surface area (Å²) < 4.78 is 5.55. The largest absolute Gasteiger partial charge is 0.493 e. The summed E-state index contributed by atoms with van der Waals surface area (Å²) in [6, 6.07) is 13.1. The molecule has 140 valence electrons.